The number of nitrogens with two attached hydrogens (primary N) is 1. The quantitative estimate of drug-likeness (QED) is 0.403. The molecule has 1 aromatic heterocycles. The number of anilines is 1. The van der Waals surface area contributed by atoms with E-state index in [-0.39, 0.29) is 17.9 Å². The second-order valence-corrected chi connectivity index (χ2v) is 7.10. The van der Waals surface area contributed by atoms with Crippen molar-refractivity contribution >= 4 is 46.4 Å². The van der Waals surface area contributed by atoms with Gasteiger partial charge in [0.2, 0.25) is 11.8 Å². The number of hydrogen-bond donors (Lipinski definition) is 3. The molecular formula is C22H18FN5O4. The molecule has 4 N–H and O–H groups in total. The number of carbonyl (C=O) groups excluding carboxylic acids is 4. The fourth-order valence-corrected chi connectivity index (χ4v) is 3.46. The van der Waals surface area contributed by atoms with E-state index in [9.17, 15) is 23.6 Å². The maximum atomic E-state index is 13.7. The van der Waals surface area contributed by atoms with E-state index in [4.69, 9.17) is 5.73 Å². The second kappa shape index (κ2) is 8.34. The average molecular weight is 435 g/mol. The lowest BCUT2D eigenvalue weighted by Crippen LogP contribution is -2.38. The van der Waals surface area contributed by atoms with Gasteiger partial charge in [-0.15, -0.1) is 0 Å². The van der Waals surface area contributed by atoms with Crippen molar-refractivity contribution in [3.8, 4) is 0 Å². The molecule has 0 atom stereocenters. The number of amides is 5. The van der Waals surface area contributed by atoms with Crippen molar-refractivity contribution in [2.24, 2.45) is 5.73 Å². The molecule has 0 spiro atoms. The second-order valence-electron chi connectivity index (χ2n) is 7.10. The van der Waals surface area contributed by atoms with Crippen LogP contribution in [0.3, 0.4) is 0 Å². The van der Waals surface area contributed by atoms with Crippen molar-refractivity contribution in [3.63, 3.8) is 0 Å². The number of urea groups is 1. The predicted molar refractivity (Wildman–Crippen MR) is 114 cm³/mol. The summed E-state index contributed by atoms with van der Waals surface area (Å²) in [7, 11) is 0. The summed E-state index contributed by atoms with van der Waals surface area (Å²) in [6.45, 7) is -0.633. The van der Waals surface area contributed by atoms with Crippen LogP contribution in [0.1, 0.15) is 5.56 Å². The average Bonchev–Trinajstić information content (AvgIpc) is 3.22. The van der Waals surface area contributed by atoms with Crippen molar-refractivity contribution in [2.45, 2.75) is 6.54 Å². The van der Waals surface area contributed by atoms with Crippen molar-refractivity contribution in [3.05, 3.63) is 71.8 Å². The van der Waals surface area contributed by atoms with Crippen molar-refractivity contribution in [1.29, 1.82) is 0 Å². The zero-order valence-electron chi connectivity index (χ0n) is 16.7. The molecule has 1 aliphatic rings. The fourth-order valence-electron chi connectivity index (χ4n) is 3.46. The summed E-state index contributed by atoms with van der Waals surface area (Å²) < 4.78 is 15.4. The van der Waals surface area contributed by atoms with Gasteiger partial charge in [-0.3, -0.25) is 14.4 Å². The van der Waals surface area contributed by atoms with Crippen LogP contribution >= 0.6 is 0 Å². The highest BCUT2D eigenvalue weighted by atomic mass is 19.1. The van der Waals surface area contributed by atoms with E-state index in [2.05, 4.69) is 10.6 Å². The van der Waals surface area contributed by atoms with Gasteiger partial charge in [0.15, 0.2) is 0 Å². The molecule has 162 valence electrons. The summed E-state index contributed by atoms with van der Waals surface area (Å²) in [5.41, 5.74) is 6.54. The molecule has 0 saturated carbocycles. The number of imide groups is 1. The molecule has 2 heterocycles. The van der Waals surface area contributed by atoms with Crippen LogP contribution in [0, 0.1) is 5.82 Å². The van der Waals surface area contributed by atoms with Gasteiger partial charge in [0.05, 0.1) is 5.69 Å². The SMILES string of the molecule is NC(=O)Cn1cc(/C=C2\NC(=O)N(CC(=O)Nc3ccccc3F)C2=O)c2ccccc21. The van der Waals surface area contributed by atoms with Crippen molar-refractivity contribution in [1.82, 2.24) is 14.8 Å². The standard InChI is InChI=1S/C22H18FN5O4/c23-15-6-2-3-7-16(15)25-20(30)12-28-21(31)17(26-22(28)32)9-13-10-27(11-19(24)29)18-8-4-1-5-14(13)18/h1-10H,11-12H2,(H2,24,29)(H,25,30)(H,26,32)/b17-9-. The molecule has 4 rings (SSSR count). The molecule has 0 bridgehead atoms. The molecule has 3 aromatic rings. The molecular weight excluding hydrogens is 417 g/mol. The number of hydrogen-bond acceptors (Lipinski definition) is 4. The third-order valence-electron chi connectivity index (χ3n) is 4.86. The Kier molecular flexibility index (Phi) is 5.42. The number of fused-ring (bicyclic) bond motifs is 1. The fraction of sp³-hybridized carbons (Fsp3) is 0.0909. The minimum atomic E-state index is -0.772. The van der Waals surface area contributed by atoms with Crippen LogP contribution in [-0.4, -0.2) is 39.8 Å². The number of carbonyl (C=O) groups is 4. The largest absolute Gasteiger partial charge is 0.368 e. The molecule has 1 saturated heterocycles. The van der Waals surface area contributed by atoms with Gasteiger partial charge in [0, 0.05) is 22.7 Å². The summed E-state index contributed by atoms with van der Waals surface area (Å²) >= 11 is 0. The minimum Gasteiger partial charge on any atom is -0.368 e. The van der Waals surface area contributed by atoms with Crippen molar-refractivity contribution in [2.75, 3.05) is 11.9 Å². The van der Waals surface area contributed by atoms with Gasteiger partial charge in [0.1, 0.15) is 24.6 Å². The summed E-state index contributed by atoms with van der Waals surface area (Å²) in [6, 6.07) is 12.0. The van der Waals surface area contributed by atoms with Gasteiger partial charge in [-0.05, 0) is 24.3 Å². The summed E-state index contributed by atoms with van der Waals surface area (Å²) in [5, 5.41) is 5.52. The van der Waals surface area contributed by atoms with Gasteiger partial charge in [0.25, 0.3) is 5.91 Å². The first-order chi connectivity index (χ1) is 15.3. The van der Waals surface area contributed by atoms with Crippen LogP contribution < -0.4 is 16.4 Å². The molecule has 5 amide bonds. The smallest absolute Gasteiger partial charge is 0.329 e. The maximum Gasteiger partial charge on any atom is 0.329 e. The molecule has 1 fully saturated rings. The summed E-state index contributed by atoms with van der Waals surface area (Å²) in [4.78, 5) is 49.4. The van der Waals surface area contributed by atoms with Crippen LogP contribution in [0.15, 0.2) is 60.4 Å². The maximum absolute atomic E-state index is 13.7. The van der Waals surface area contributed by atoms with E-state index in [1.165, 1.54) is 24.3 Å². The van der Waals surface area contributed by atoms with Gasteiger partial charge in [-0.2, -0.15) is 0 Å². The Balaban J connectivity index is 1.56. The molecule has 0 aliphatic carbocycles. The monoisotopic (exact) mass is 435 g/mol. The number of primary amides is 1. The Labute approximate surface area is 181 Å². The zero-order valence-corrected chi connectivity index (χ0v) is 16.7. The van der Waals surface area contributed by atoms with Crippen LogP contribution in [0.25, 0.3) is 17.0 Å². The summed E-state index contributed by atoms with van der Waals surface area (Å²) in [6.07, 6.45) is 3.12. The highest BCUT2D eigenvalue weighted by Crippen LogP contribution is 2.24. The number of aromatic nitrogens is 1. The molecule has 32 heavy (non-hydrogen) atoms. The Morgan fingerprint density at radius 2 is 1.78 bits per heavy atom. The number of halogens is 1. The van der Waals surface area contributed by atoms with E-state index in [0.29, 0.717) is 5.56 Å². The Morgan fingerprint density at radius 1 is 1.06 bits per heavy atom. The molecule has 0 unspecified atom stereocenters. The molecule has 10 heteroatoms. The van der Waals surface area contributed by atoms with Gasteiger partial charge in [-0.1, -0.05) is 30.3 Å². The lowest BCUT2D eigenvalue weighted by molar-refractivity contribution is -0.127. The summed E-state index contributed by atoms with van der Waals surface area (Å²) in [5.74, 6) is -2.59. The first-order valence-electron chi connectivity index (χ1n) is 9.58. The first kappa shape index (κ1) is 20.8. The molecule has 2 aromatic carbocycles. The van der Waals surface area contributed by atoms with Gasteiger partial charge < -0.3 is 20.9 Å². The van der Waals surface area contributed by atoms with E-state index >= 15 is 0 Å². The predicted octanol–water partition coefficient (Wildman–Crippen LogP) is 1.80. The van der Waals surface area contributed by atoms with E-state index < -0.39 is 36.1 Å². The van der Waals surface area contributed by atoms with Crippen LogP contribution in [0.5, 0.6) is 0 Å². The minimum absolute atomic E-state index is 0.0318. The van der Waals surface area contributed by atoms with Crippen LogP contribution in [0.4, 0.5) is 14.9 Å². The number of para-hydroxylation sites is 2. The molecule has 9 nitrogen and oxygen atoms in total. The zero-order chi connectivity index (χ0) is 22.8. The highest BCUT2D eigenvalue weighted by Gasteiger charge is 2.35. The topological polar surface area (TPSA) is 127 Å². The Morgan fingerprint density at radius 3 is 2.53 bits per heavy atom. The number of rotatable bonds is 6. The third-order valence-corrected chi connectivity index (χ3v) is 4.86. The third kappa shape index (κ3) is 4.06. The van der Waals surface area contributed by atoms with Gasteiger partial charge >= 0.3 is 6.03 Å². The van der Waals surface area contributed by atoms with Crippen molar-refractivity contribution < 1.29 is 23.6 Å². The van der Waals surface area contributed by atoms with Crippen LogP contribution in [0.2, 0.25) is 0 Å². The normalized spacial score (nSPS) is 14.8. The highest BCUT2D eigenvalue weighted by molar-refractivity contribution is 6.16. The number of nitrogens with zero attached hydrogens (tertiary/aromatic N) is 2. The van der Waals surface area contributed by atoms with E-state index in [0.717, 1.165) is 15.8 Å². The lowest BCUT2D eigenvalue weighted by Gasteiger charge is -2.12. The lowest BCUT2D eigenvalue weighted by atomic mass is 10.1. The Bertz CT molecular complexity index is 1300. The van der Waals surface area contributed by atoms with Gasteiger partial charge in [-0.25, -0.2) is 14.1 Å². The van der Waals surface area contributed by atoms with Crippen LogP contribution in [-0.2, 0) is 20.9 Å². The molecule has 0 radical (unpaired) electrons. The molecule has 1 aliphatic heterocycles. The first-order valence-corrected chi connectivity index (χ1v) is 9.58. The van der Waals surface area contributed by atoms with E-state index in [1.807, 2.05) is 0 Å². The Hall–Kier alpha value is -4.47. The number of benzene rings is 2. The number of nitrogens with one attached hydrogen (secondary N) is 2. The van der Waals surface area contributed by atoms with E-state index in [1.54, 1.807) is 41.1 Å².